The van der Waals surface area contributed by atoms with Gasteiger partial charge in [-0.1, -0.05) is 116 Å². The van der Waals surface area contributed by atoms with E-state index in [9.17, 15) is 0 Å². The van der Waals surface area contributed by atoms with Crippen LogP contribution in [0, 0.1) is 0 Å². The van der Waals surface area contributed by atoms with Crippen molar-refractivity contribution in [2.45, 2.75) is 38.3 Å². The lowest BCUT2D eigenvalue weighted by molar-refractivity contribution is 0.714. The minimum absolute atomic E-state index is 0.980. The summed E-state index contributed by atoms with van der Waals surface area (Å²) in [5, 5.41) is 5.19. The van der Waals surface area contributed by atoms with Crippen LogP contribution >= 0.6 is 22.2 Å². The first-order valence-corrected chi connectivity index (χ1v) is 17.2. The van der Waals surface area contributed by atoms with Gasteiger partial charge in [-0.25, -0.2) is 0 Å². The molecule has 3 heteroatoms. The second kappa shape index (κ2) is 10.6. The summed E-state index contributed by atoms with van der Waals surface area (Å²) < 4.78 is 0. The molecule has 0 radical (unpaired) electrons. The Morgan fingerprint density at radius 1 is 0.514 bits per heavy atom. The summed E-state index contributed by atoms with van der Waals surface area (Å²) in [7, 11) is 0. The Morgan fingerprint density at radius 3 is 1.46 bits per heavy atom. The summed E-state index contributed by atoms with van der Waals surface area (Å²) in [6, 6.07) is 38.6. The molecule has 0 saturated carbocycles. The quantitative estimate of drug-likeness (QED) is 0.0838. The van der Waals surface area contributed by atoms with Crippen LogP contribution in [0.3, 0.4) is 0 Å². The maximum Gasteiger partial charge on any atom is 0.248 e. The number of hydrogen-bond acceptors (Lipinski definition) is 0. The van der Waals surface area contributed by atoms with Crippen molar-refractivity contribution < 1.29 is 0 Å². The highest BCUT2D eigenvalue weighted by atomic mass is 35.7. The number of fused-ring (bicyclic) bond motifs is 2. The van der Waals surface area contributed by atoms with Crippen LogP contribution in [0.15, 0.2) is 103 Å². The molecule has 0 aromatic heterocycles. The Kier molecular flexibility index (Phi) is 7.29. The standard InChI is InChI=1S/C32H30Cl2Si/c1-35(33,34)23-11-3-4-12-24-19-21-26(22-20-24)32-29-17-9-7-15-27(29)31(25-13-5-2-6-14-25)28-16-8-10-18-30(28)32/h2,5-10,13-22H,3-4,11-12,23H2,1H3. The maximum absolute atomic E-state index is 6.24. The summed E-state index contributed by atoms with van der Waals surface area (Å²) in [5.74, 6) is 0. The highest BCUT2D eigenvalue weighted by Gasteiger charge is 2.19. The highest BCUT2D eigenvalue weighted by molar-refractivity contribution is 7.44. The molecule has 0 atom stereocenters. The molecule has 0 N–H and O–H groups in total. The second-order valence-electron chi connectivity index (χ2n) is 9.53. The predicted octanol–water partition coefficient (Wildman–Crippen LogP) is 10.6. The van der Waals surface area contributed by atoms with Crippen LogP contribution in [-0.2, 0) is 6.42 Å². The van der Waals surface area contributed by atoms with Gasteiger partial charge < -0.3 is 0 Å². The van der Waals surface area contributed by atoms with E-state index in [1.165, 1.54) is 62.2 Å². The fourth-order valence-electron chi connectivity index (χ4n) is 5.13. The molecule has 0 heterocycles. The number of unbranched alkanes of at least 4 members (excludes halogenated alkanes) is 2. The van der Waals surface area contributed by atoms with Gasteiger partial charge in [0.15, 0.2) is 0 Å². The zero-order chi connectivity index (χ0) is 24.3. The van der Waals surface area contributed by atoms with Crippen molar-refractivity contribution in [2.24, 2.45) is 0 Å². The Labute approximate surface area is 218 Å². The zero-order valence-electron chi connectivity index (χ0n) is 20.1. The van der Waals surface area contributed by atoms with Crippen molar-refractivity contribution in [1.29, 1.82) is 0 Å². The molecular formula is C32H30Cl2Si. The molecular weight excluding hydrogens is 483 g/mol. The molecule has 0 aliphatic heterocycles. The first-order chi connectivity index (χ1) is 17.0. The maximum atomic E-state index is 6.24. The van der Waals surface area contributed by atoms with Crippen LogP contribution in [0.5, 0.6) is 0 Å². The summed E-state index contributed by atoms with van der Waals surface area (Å²) in [4.78, 5) is 0. The number of rotatable bonds is 8. The van der Waals surface area contributed by atoms with Gasteiger partial charge >= 0.3 is 0 Å². The van der Waals surface area contributed by atoms with E-state index in [4.69, 9.17) is 22.2 Å². The lowest BCUT2D eigenvalue weighted by Gasteiger charge is -2.18. The number of hydrogen-bond donors (Lipinski definition) is 0. The van der Waals surface area contributed by atoms with Crippen LogP contribution in [0.2, 0.25) is 12.6 Å². The summed E-state index contributed by atoms with van der Waals surface area (Å²) >= 11 is 12.5. The third kappa shape index (κ3) is 5.48. The third-order valence-electron chi connectivity index (χ3n) is 6.82. The van der Waals surface area contributed by atoms with Gasteiger partial charge in [0.25, 0.3) is 0 Å². The van der Waals surface area contributed by atoms with Gasteiger partial charge in [-0.15, -0.1) is 22.2 Å². The van der Waals surface area contributed by atoms with Gasteiger partial charge in [0, 0.05) is 0 Å². The molecule has 5 aromatic carbocycles. The van der Waals surface area contributed by atoms with Gasteiger partial charge in [-0.3, -0.25) is 0 Å². The molecule has 35 heavy (non-hydrogen) atoms. The molecule has 0 fully saturated rings. The van der Waals surface area contributed by atoms with Crippen LogP contribution in [0.4, 0.5) is 0 Å². The monoisotopic (exact) mass is 512 g/mol. The van der Waals surface area contributed by atoms with Gasteiger partial charge in [-0.2, -0.15) is 0 Å². The van der Waals surface area contributed by atoms with Crippen LogP contribution in [0.25, 0.3) is 43.8 Å². The minimum Gasteiger partial charge on any atom is -0.146 e. The fourth-order valence-corrected chi connectivity index (χ4v) is 6.81. The van der Waals surface area contributed by atoms with Gasteiger partial charge in [0.05, 0.1) is 0 Å². The average Bonchev–Trinajstić information content (AvgIpc) is 2.87. The third-order valence-corrected chi connectivity index (χ3v) is 9.18. The van der Waals surface area contributed by atoms with E-state index in [2.05, 4.69) is 103 Å². The number of benzene rings is 5. The zero-order valence-corrected chi connectivity index (χ0v) is 22.6. The summed E-state index contributed by atoms with van der Waals surface area (Å²) in [6.07, 6.45) is 4.58. The summed E-state index contributed by atoms with van der Waals surface area (Å²) in [6.45, 7) is 0.0506. The molecule has 0 unspecified atom stereocenters. The molecule has 0 aliphatic rings. The minimum atomic E-state index is -1.96. The van der Waals surface area contributed by atoms with Crippen LogP contribution in [-0.4, -0.2) is 6.69 Å². The molecule has 5 rings (SSSR count). The summed E-state index contributed by atoms with van der Waals surface area (Å²) in [5.41, 5.74) is 6.54. The molecule has 0 nitrogen and oxygen atoms in total. The van der Waals surface area contributed by atoms with E-state index in [1.54, 1.807) is 0 Å². The lowest BCUT2D eigenvalue weighted by atomic mass is 9.86. The Morgan fingerprint density at radius 2 is 0.971 bits per heavy atom. The first kappa shape index (κ1) is 24.1. The van der Waals surface area contributed by atoms with Crippen molar-refractivity contribution in [3.8, 4) is 22.3 Å². The van der Waals surface area contributed by atoms with Crippen molar-refractivity contribution in [2.75, 3.05) is 0 Å². The number of aryl methyl sites for hydroxylation is 1. The second-order valence-corrected chi connectivity index (χ2v) is 17.8. The first-order valence-electron chi connectivity index (χ1n) is 12.5. The molecule has 0 saturated heterocycles. The van der Waals surface area contributed by atoms with Crippen molar-refractivity contribution in [1.82, 2.24) is 0 Å². The molecule has 0 amide bonds. The van der Waals surface area contributed by atoms with Crippen molar-refractivity contribution in [3.05, 3.63) is 109 Å². The van der Waals surface area contributed by atoms with E-state index < -0.39 is 6.69 Å². The molecule has 176 valence electrons. The lowest BCUT2D eigenvalue weighted by Crippen LogP contribution is -2.11. The van der Waals surface area contributed by atoms with Crippen molar-refractivity contribution >= 4 is 50.4 Å². The van der Waals surface area contributed by atoms with Gasteiger partial charge in [0.1, 0.15) is 0 Å². The Bertz CT molecular complexity index is 1380. The smallest absolute Gasteiger partial charge is 0.146 e. The van der Waals surface area contributed by atoms with Crippen molar-refractivity contribution in [3.63, 3.8) is 0 Å². The van der Waals surface area contributed by atoms with E-state index in [1.807, 2.05) is 6.55 Å². The number of halogens is 2. The Hall–Kier alpha value is -2.58. The average molecular weight is 514 g/mol. The highest BCUT2D eigenvalue weighted by Crippen LogP contribution is 2.43. The Balaban J connectivity index is 1.52. The normalized spacial score (nSPS) is 11.9. The molecule has 0 spiro atoms. The van der Waals surface area contributed by atoms with Crippen LogP contribution in [0.1, 0.15) is 24.8 Å². The van der Waals surface area contributed by atoms with E-state index >= 15 is 0 Å². The molecule has 0 bridgehead atoms. The SMILES string of the molecule is C[Si](Cl)(Cl)CCCCCc1ccc(-c2c3ccccc3c(-c3ccccc3)c3ccccc23)cc1. The van der Waals surface area contributed by atoms with E-state index in [0.29, 0.717) is 0 Å². The van der Waals surface area contributed by atoms with E-state index in [0.717, 1.165) is 18.9 Å². The van der Waals surface area contributed by atoms with E-state index in [-0.39, 0.29) is 0 Å². The topological polar surface area (TPSA) is 0 Å². The van der Waals surface area contributed by atoms with Gasteiger partial charge in [-0.05, 0) is 74.8 Å². The largest absolute Gasteiger partial charge is 0.248 e. The van der Waals surface area contributed by atoms with Crippen LogP contribution < -0.4 is 0 Å². The predicted molar refractivity (Wildman–Crippen MR) is 158 cm³/mol. The fraction of sp³-hybridized carbons (Fsp3) is 0.188. The molecule has 0 aliphatic carbocycles. The molecule has 5 aromatic rings. The van der Waals surface area contributed by atoms with Gasteiger partial charge in [0.2, 0.25) is 6.69 Å².